The molecule has 4 aromatic rings. The molecule has 1 N–H and O–H groups in total. The standard InChI is InChI=1S/C17H14N6OS/c1-10-19-14(8-25-10)17(24)20-16-6-12-5-11(3-4-13(12)21-22-16)15-7-18-9-23(15)2/h3-9H,1-2H3,(H,20,22,24). The Morgan fingerprint density at radius 1 is 1.24 bits per heavy atom. The second-order valence-electron chi connectivity index (χ2n) is 5.60. The van der Waals surface area contributed by atoms with Crippen LogP contribution in [0.2, 0.25) is 0 Å². The van der Waals surface area contributed by atoms with E-state index in [2.05, 4.69) is 25.5 Å². The van der Waals surface area contributed by atoms with Crippen molar-refractivity contribution in [1.29, 1.82) is 0 Å². The third kappa shape index (κ3) is 2.99. The zero-order chi connectivity index (χ0) is 17.4. The first-order valence-corrected chi connectivity index (χ1v) is 8.46. The smallest absolute Gasteiger partial charge is 0.276 e. The second-order valence-corrected chi connectivity index (χ2v) is 6.66. The van der Waals surface area contributed by atoms with E-state index in [0.717, 1.165) is 27.2 Å². The molecule has 3 heterocycles. The molecule has 1 amide bonds. The predicted molar refractivity (Wildman–Crippen MR) is 96.5 cm³/mol. The van der Waals surface area contributed by atoms with Gasteiger partial charge in [-0.3, -0.25) is 4.79 Å². The van der Waals surface area contributed by atoms with Gasteiger partial charge in [0.15, 0.2) is 5.82 Å². The van der Waals surface area contributed by atoms with Crippen molar-refractivity contribution in [2.45, 2.75) is 6.92 Å². The molecule has 0 fully saturated rings. The fourth-order valence-electron chi connectivity index (χ4n) is 2.55. The molecule has 4 rings (SSSR count). The highest BCUT2D eigenvalue weighted by Gasteiger charge is 2.11. The SMILES string of the molecule is Cc1nc(C(=O)Nc2cc3cc(-c4cncn4C)ccc3nn2)cs1. The lowest BCUT2D eigenvalue weighted by atomic mass is 10.1. The lowest BCUT2D eigenvalue weighted by molar-refractivity contribution is 0.102. The Bertz CT molecular complexity index is 1080. The lowest BCUT2D eigenvalue weighted by Gasteiger charge is -2.06. The van der Waals surface area contributed by atoms with E-state index >= 15 is 0 Å². The number of imidazole rings is 1. The number of aryl methyl sites for hydroxylation is 2. The molecule has 0 saturated carbocycles. The van der Waals surface area contributed by atoms with Crippen LogP contribution in [0.3, 0.4) is 0 Å². The van der Waals surface area contributed by atoms with Gasteiger partial charge < -0.3 is 9.88 Å². The van der Waals surface area contributed by atoms with Gasteiger partial charge in [-0.05, 0) is 25.1 Å². The molecule has 124 valence electrons. The molecule has 0 unspecified atom stereocenters. The zero-order valence-corrected chi connectivity index (χ0v) is 14.4. The van der Waals surface area contributed by atoms with E-state index in [1.54, 1.807) is 17.8 Å². The van der Waals surface area contributed by atoms with Crippen molar-refractivity contribution in [2.75, 3.05) is 5.32 Å². The maximum absolute atomic E-state index is 12.2. The van der Waals surface area contributed by atoms with Crippen LogP contribution in [0.25, 0.3) is 22.2 Å². The van der Waals surface area contributed by atoms with Crippen LogP contribution in [0.5, 0.6) is 0 Å². The van der Waals surface area contributed by atoms with Crippen molar-refractivity contribution in [2.24, 2.45) is 7.05 Å². The second kappa shape index (κ2) is 6.06. The Morgan fingerprint density at radius 2 is 2.12 bits per heavy atom. The average molecular weight is 350 g/mol. The van der Waals surface area contributed by atoms with E-state index in [-0.39, 0.29) is 5.91 Å². The summed E-state index contributed by atoms with van der Waals surface area (Å²) in [5.74, 6) is 0.103. The summed E-state index contributed by atoms with van der Waals surface area (Å²) in [7, 11) is 1.94. The van der Waals surface area contributed by atoms with Gasteiger partial charge >= 0.3 is 0 Å². The van der Waals surface area contributed by atoms with E-state index in [0.29, 0.717) is 11.5 Å². The van der Waals surface area contributed by atoms with Gasteiger partial charge in [0.2, 0.25) is 0 Å². The molecule has 0 radical (unpaired) electrons. The maximum atomic E-state index is 12.2. The monoisotopic (exact) mass is 350 g/mol. The average Bonchev–Trinajstić information content (AvgIpc) is 3.22. The molecular formula is C17H14N6OS. The fraction of sp³-hybridized carbons (Fsp3) is 0.118. The molecule has 0 atom stereocenters. The molecule has 8 heteroatoms. The molecule has 25 heavy (non-hydrogen) atoms. The van der Waals surface area contributed by atoms with Crippen molar-refractivity contribution >= 4 is 34.0 Å². The first-order valence-electron chi connectivity index (χ1n) is 7.58. The zero-order valence-electron chi connectivity index (χ0n) is 13.6. The van der Waals surface area contributed by atoms with Crippen LogP contribution in [0, 0.1) is 6.92 Å². The van der Waals surface area contributed by atoms with Crippen LogP contribution >= 0.6 is 11.3 Å². The number of thiazole rings is 1. The first kappa shape index (κ1) is 15.4. The summed E-state index contributed by atoms with van der Waals surface area (Å²) in [4.78, 5) is 20.5. The molecule has 0 aliphatic heterocycles. The topological polar surface area (TPSA) is 85.6 Å². The van der Waals surface area contributed by atoms with E-state index in [9.17, 15) is 4.79 Å². The highest BCUT2D eigenvalue weighted by atomic mass is 32.1. The number of carbonyl (C=O) groups is 1. The Hall–Kier alpha value is -3.13. The Balaban J connectivity index is 1.67. The summed E-state index contributed by atoms with van der Waals surface area (Å²) in [6.45, 7) is 1.86. The number of nitrogens with one attached hydrogen (secondary N) is 1. The summed E-state index contributed by atoms with van der Waals surface area (Å²) in [5, 5.41) is 14.4. The predicted octanol–water partition coefficient (Wildman–Crippen LogP) is 3.05. The summed E-state index contributed by atoms with van der Waals surface area (Å²) in [6.07, 6.45) is 3.56. The van der Waals surface area contributed by atoms with Crippen LogP contribution in [0.4, 0.5) is 5.82 Å². The van der Waals surface area contributed by atoms with Crippen LogP contribution in [0.1, 0.15) is 15.5 Å². The van der Waals surface area contributed by atoms with Gasteiger partial charge in [-0.15, -0.1) is 21.5 Å². The van der Waals surface area contributed by atoms with Crippen LogP contribution < -0.4 is 5.32 Å². The number of hydrogen-bond donors (Lipinski definition) is 1. The summed E-state index contributed by atoms with van der Waals surface area (Å²) >= 11 is 1.43. The van der Waals surface area contributed by atoms with Crippen LogP contribution in [0.15, 0.2) is 42.2 Å². The number of hydrogen-bond acceptors (Lipinski definition) is 6. The molecule has 0 aliphatic rings. The number of amides is 1. The number of anilines is 1. The number of carbonyl (C=O) groups excluding carboxylic acids is 1. The Labute approximate surface area is 147 Å². The molecule has 0 spiro atoms. The number of benzene rings is 1. The Morgan fingerprint density at radius 3 is 2.84 bits per heavy atom. The molecule has 7 nitrogen and oxygen atoms in total. The highest BCUT2D eigenvalue weighted by Crippen LogP contribution is 2.24. The van der Waals surface area contributed by atoms with Gasteiger partial charge in [-0.1, -0.05) is 6.07 Å². The van der Waals surface area contributed by atoms with E-state index in [1.165, 1.54) is 11.3 Å². The Kier molecular flexibility index (Phi) is 3.73. The molecule has 3 aromatic heterocycles. The van der Waals surface area contributed by atoms with Crippen LogP contribution in [-0.2, 0) is 7.05 Å². The molecule has 1 aromatic carbocycles. The van der Waals surface area contributed by atoms with Gasteiger partial charge in [0.25, 0.3) is 5.91 Å². The van der Waals surface area contributed by atoms with E-state index in [1.807, 2.05) is 42.9 Å². The molecule has 0 bridgehead atoms. The fourth-order valence-corrected chi connectivity index (χ4v) is 3.14. The minimum atomic E-state index is -0.291. The third-order valence-corrected chi connectivity index (χ3v) is 4.56. The van der Waals surface area contributed by atoms with Gasteiger partial charge in [0.1, 0.15) is 5.69 Å². The molecule has 0 saturated heterocycles. The maximum Gasteiger partial charge on any atom is 0.276 e. The lowest BCUT2D eigenvalue weighted by Crippen LogP contribution is -2.13. The largest absolute Gasteiger partial charge is 0.334 e. The minimum Gasteiger partial charge on any atom is -0.334 e. The van der Waals surface area contributed by atoms with Crippen molar-refractivity contribution in [3.05, 3.63) is 52.9 Å². The van der Waals surface area contributed by atoms with E-state index < -0.39 is 0 Å². The van der Waals surface area contributed by atoms with E-state index in [4.69, 9.17) is 0 Å². The normalized spacial score (nSPS) is 11.0. The van der Waals surface area contributed by atoms with Gasteiger partial charge in [0, 0.05) is 23.4 Å². The van der Waals surface area contributed by atoms with Crippen molar-refractivity contribution < 1.29 is 4.79 Å². The molecular weight excluding hydrogens is 336 g/mol. The summed E-state index contributed by atoms with van der Waals surface area (Å²) in [5.41, 5.74) is 3.16. The first-order chi connectivity index (χ1) is 12.1. The number of aromatic nitrogens is 5. The van der Waals surface area contributed by atoms with Crippen molar-refractivity contribution in [1.82, 2.24) is 24.7 Å². The quantitative estimate of drug-likeness (QED) is 0.614. The number of fused-ring (bicyclic) bond motifs is 1. The van der Waals surface area contributed by atoms with Gasteiger partial charge in [-0.2, -0.15) is 0 Å². The van der Waals surface area contributed by atoms with Crippen molar-refractivity contribution in [3.63, 3.8) is 0 Å². The summed E-state index contributed by atoms with van der Waals surface area (Å²) < 4.78 is 1.95. The van der Waals surface area contributed by atoms with Crippen molar-refractivity contribution in [3.8, 4) is 11.3 Å². The van der Waals surface area contributed by atoms with Gasteiger partial charge in [0.05, 0.1) is 28.7 Å². The molecule has 0 aliphatic carbocycles. The van der Waals surface area contributed by atoms with Crippen LogP contribution in [-0.4, -0.2) is 30.6 Å². The minimum absolute atomic E-state index is 0.291. The van der Waals surface area contributed by atoms with Gasteiger partial charge in [-0.25, -0.2) is 9.97 Å². The number of nitrogens with zero attached hydrogens (tertiary/aromatic N) is 5. The summed E-state index contributed by atoms with van der Waals surface area (Å²) in [6, 6.07) is 7.69. The number of rotatable bonds is 3. The highest BCUT2D eigenvalue weighted by molar-refractivity contribution is 7.09. The third-order valence-electron chi connectivity index (χ3n) is 3.79.